The van der Waals surface area contributed by atoms with E-state index in [0.29, 0.717) is 18.1 Å². The summed E-state index contributed by atoms with van der Waals surface area (Å²) in [5.74, 6) is 0.717. The van der Waals surface area contributed by atoms with Crippen molar-refractivity contribution in [1.82, 2.24) is 5.32 Å². The number of carbonyl (C=O) groups is 1. The molecule has 0 saturated heterocycles. The molecule has 0 bridgehead atoms. The van der Waals surface area contributed by atoms with Crippen LogP contribution in [-0.4, -0.2) is 17.6 Å². The summed E-state index contributed by atoms with van der Waals surface area (Å²) in [4.78, 5) is 11.8. The Hall–Kier alpha value is -2.40. The molecule has 0 radical (unpaired) electrons. The maximum atomic E-state index is 11.8. The van der Waals surface area contributed by atoms with E-state index in [-0.39, 0.29) is 5.91 Å². The topological polar surface area (TPSA) is 50.4 Å². The summed E-state index contributed by atoms with van der Waals surface area (Å²) >= 11 is 5.20. The van der Waals surface area contributed by atoms with Crippen LogP contribution in [0, 0.1) is 0 Å². The van der Waals surface area contributed by atoms with Gasteiger partial charge in [-0.1, -0.05) is 56.2 Å². The predicted molar refractivity (Wildman–Crippen MR) is 111 cm³/mol. The number of anilines is 1. The lowest BCUT2D eigenvalue weighted by molar-refractivity contribution is -0.119. The van der Waals surface area contributed by atoms with Gasteiger partial charge in [0.25, 0.3) is 0 Å². The minimum absolute atomic E-state index is 0.0498. The van der Waals surface area contributed by atoms with Crippen LogP contribution < -0.4 is 15.4 Å². The summed E-state index contributed by atoms with van der Waals surface area (Å²) in [6.45, 7) is 2.71. The molecule has 2 N–H and O–H groups in total. The summed E-state index contributed by atoms with van der Waals surface area (Å²) < 4.78 is 5.81. The molecule has 2 aromatic rings. The summed E-state index contributed by atoms with van der Waals surface area (Å²) in [6.07, 6.45) is 4.38. The first-order valence-corrected chi connectivity index (χ1v) is 9.46. The van der Waals surface area contributed by atoms with Gasteiger partial charge in [0.05, 0.1) is 6.61 Å². The number of nitrogens with one attached hydrogen (secondary N) is 2. The van der Waals surface area contributed by atoms with Crippen molar-refractivity contribution < 1.29 is 9.53 Å². The average Bonchev–Trinajstić information content (AvgIpc) is 2.63. The van der Waals surface area contributed by atoms with E-state index in [4.69, 9.17) is 17.0 Å². The summed E-state index contributed by atoms with van der Waals surface area (Å²) in [6, 6.07) is 17.8. The van der Waals surface area contributed by atoms with Gasteiger partial charge in [0.15, 0.2) is 5.11 Å². The standard InChI is InChI=1S/C21H26N2O2S/c1-2-3-5-13-20(24)23-21(26)22-18-11-8-12-19(16-18)25-15-14-17-9-6-4-7-10-17/h4,6-12,16H,2-3,5,13-15H2,1H3,(H2,22,23,24,26). The molecule has 2 aromatic carbocycles. The minimum Gasteiger partial charge on any atom is -0.493 e. The van der Waals surface area contributed by atoms with E-state index < -0.39 is 0 Å². The second kappa shape index (κ2) is 11.3. The van der Waals surface area contributed by atoms with Gasteiger partial charge in [-0.15, -0.1) is 0 Å². The fourth-order valence-electron chi connectivity index (χ4n) is 2.48. The highest BCUT2D eigenvalue weighted by Crippen LogP contribution is 2.17. The zero-order valence-electron chi connectivity index (χ0n) is 15.2. The fraction of sp³-hybridized carbons (Fsp3) is 0.333. The van der Waals surface area contributed by atoms with E-state index in [1.54, 1.807) is 0 Å². The molecular formula is C21H26N2O2S. The van der Waals surface area contributed by atoms with Crippen molar-refractivity contribution in [2.24, 2.45) is 0 Å². The van der Waals surface area contributed by atoms with Gasteiger partial charge >= 0.3 is 0 Å². The summed E-state index contributed by atoms with van der Waals surface area (Å²) in [5, 5.41) is 6.06. The van der Waals surface area contributed by atoms with Crippen molar-refractivity contribution in [3.63, 3.8) is 0 Å². The van der Waals surface area contributed by atoms with E-state index >= 15 is 0 Å². The van der Waals surface area contributed by atoms with E-state index in [2.05, 4.69) is 29.7 Å². The van der Waals surface area contributed by atoms with Crippen LogP contribution in [0.15, 0.2) is 54.6 Å². The van der Waals surface area contributed by atoms with Crippen LogP contribution in [0.3, 0.4) is 0 Å². The molecule has 0 aliphatic heterocycles. The van der Waals surface area contributed by atoms with E-state index in [9.17, 15) is 4.79 Å². The third-order valence-electron chi connectivity index (χ3n) is 3.85. The first-order valence-electron chi connectivity index (χ1n) is 9.05. The zero-order valence-corrected chi connectivity index (χ0v) is 16.0. The number of hydrogen-bond acceptors (Lipinski definition) is 3. The second-order valence-electron chi connectivity index (χ2n) is 6.07. The van der Waals surface area contributed by atoms with Crippen LogP contribution in [0.25, 0.3) is 0 Å². The smallest absolute Gasteiger partial charge is 0.226 e. The number of thiocarbonyl (C=S) groups is 1. The second-order valence-corrected chi connectivity index (χ2v) is 6.48. The summed E-state index contributed by atoms with van der Waals surface area (Å²) in [5.41, 5.74) is 2.04. The molecule has 0 aliphatic carbocycles. The summed E-state index contributed by atoms with van der Waals surface area (Å²) in [7, 11) is 0. The molecule has 0 atom stereocenters. The van der Waals surface area contributed by atoms with Crippen molar-refractivity contribution in [2.45, 2.75) is 39.0 Å². The molecular weight excluding hydrogens is 344 g/mol. The Morgan fingerprint density at radius 3 is 2.65 bits per heavy atom. The first-order chi connectivity index (χ1) is 12.7. The molecule has 26 heavy (non-hydrogen) atoms. The highest BCUT2D eigenvalue weighted by atomic mass is 32.1. The molecule has 5 heteroatoms. The van der Waals surface area contributed by atoms with Crippen LogP contribution in [0.2, 0.25) is 0 Å². The van der Waals surface area contributed by atoms with Crippen LogP contribution in [0.1, 0.15) is 38.2 Å². The van der Waals surface area contributed by atoms with Crippen molar-refractivity contribution >= 4 is 28.9 Å². The maximum Gasteiger partial charge on any atom is 0.226 e. The highest BCUT2D eigenvalue weighted by molar-refractivity contribution is 7.80. The number of ether oxygens (including phenoxy) is 1. The van der Waals surface area contributed by atoms with Gasteiger partial charge in [-0.05, 0) is 36.3 Å². The Morgan fingerprint density at radius 2 is 1.88 bits per heavy atom. The molecule has 0 aliphatic rings. The predicted octanol–water partition coefficient (Wildman–Crippen LogP) is 4.70. The van der Waals surface area contributed by atoms with Gasteiger partial charge in [0.1, 0.15) is 5.75 Å². The molecule has 0 fully saturated rings. The third kappa shape index (κ3) is 7.66. The first kappa shape index (κ1) is 19.9. The van der Waals surface area contributed by atoms with Crippen molar-refractivity contribution in [1.29, 1.82) is 0 Å². The minimum atomic E-state index is -0.0498. The third-order valence-corrected chi connectivity index (χ3v) is 4.06. The maximum absolute atomic E-state index is 11.8. The van der Waals surface area contributed by atoms with E-state index in [1.807, 2.05) is 42.5 Å². The largest absolute Gasteiger partial charge is 0.493 e. The van der Waals surface area contributed by atoms with Crippen LogP contribution in [-0.2, 0) is 11.2 Å². The number of carbonyl (C=O) groups excluding carboxylic acids is 1. The number of unbranched alkanes of at least 4 members (excludes halogenated alkanes) is 2. The highest BCUT2D eigenvalue weighted by Gasteiger charge is 2.05. The number of benzene rings is 2. The molecule has 4 nitrogen and oxygen atoms in total. The Balaban J connectivity index is 1.77. The Morgan fingerprint density at radius 1 is 1.08 bits per heavy atom. The van der Waals surface area contributed by atoms with E-state index in [0.717, 1.165) is 37.1 Å². The Labute approximate surface area is 161 Å². The lowest BCUT2D eigenvalue weighted by Crippen LogP contribution is -2.33. The van der Waals surface area contributed by atoms with Gasteiger partial charge < -0.3 is 15.4 Å². The van der Waals surface area contributed by atoms with Crippen molar-refractivity contribution in [2.75, 3.05) is 11.9 Å². The zero-order chi connectivity index (χ0) is 18.6. The molecule has 138 valence electrons. The van der Waals surface area contributed by atoms with Crippen molar-refractivity contribution in [3.05, 3.63) is 60.2 Å². The van der Waals surface area contributed by atoms with Crippen LogP contribution in [0.4, 0.5) is 5.69 Å². The SMILES string of the molecule is CCCCCC(=O)NC(=S)Nc1cccc(OCCc2ccccc2)c1. The molecule has 0 unspecified atom stereocenters. The lowest BCUT2D eigenvalue weighted by Gasteiger charge is -2.11. The Bertz CT molecular complexity index is 704. The lowest BCUT2D eigenvalue weighted by atomic mass is 10.2. The average molecular weight is 371 g/mol. The van der Waals surface area contributed by atoms with Gasteiger partial charge in [-0.25, -0.2) is 0 Å². The van der Waals surface area contributed by atoms with E-state index in [1.165, 1.54) is 5.56 Å². The van der Waals surface area contributed by atoms with Crippen LogP contribution in [0.5, 0.6) is 5.75 Å². The normalized spacial score (nSPS) is 10.2. The van der Waals surface area contributed by atoms with Crippen LogP contribution >= 0.6 is 12.2 Å². The molecule has 0 spiro atoms. The van der Waals surface area contributed by atoms with Gasteiger partial charge in [0, 0.05) is 24.6 Å². The van der Waals surface area contributed by atoms with Gasteiger partial charge in [-0.3, -0.25) is 4.79 Å². The molecule has 0 heterocycles. The molecule has 2 rings (SSSR count). The van der Waals surface area contributed by atoms with Crippen molar-refractivity contribution in [3.8, 4) is 5.75 Å². The molecule has 0 saturated carbocycles. The fourth-order valence-corrected chi connectivity index (χ4v) is 2.71. The molecule has 0 aromatic heterocycles. The van der Waals surface area contributed by atoms with Gasteiger partial charge in [-0.2, -0.15) is 0 Å². The Kier molecular flexibility index (Phi) is 8.63. The number of rotatable bonds is 9. The quantitative estimate of drug-likeness (QED) is 0.496. The number of amides is 1. The monoisotopic (exact) mass is 370 g/mol. The number of hydrogen-bond donors (Lipinski definition) is 2. The van der Waals surface area contributed by atoms with Gasteiger partial charge in [0.2, 0.25) is 5.91 Å². The molecule has 1 amide bonds.